The fourth-order valence-corrected chi connectivity index (χ4v) is 2.13. The fraction of sp³-hybridized carbons (Fsp3) is 0.615. The van der Waals surface area contributed by atoms with Crippen LogP contribution in [0.3, 0.4) is 0 Å². The summed E-state index contributed by atoms with van der Waals surface area (Å²) in [6.45, 7) is 7.47. The van der Waals surface area contributed by atoms with Crippen molar-refractivity contribution in [1.29, 1.82) is 0 Å². The van der Waals surface area contributed by atoms with Gasteiger partial charge in [0.25, 0.3) is 0 Å². The number of carboxylic acids is 1. The average Bonchev–Trinajstić information content (AvgIpc) is 2.29. The zero-order chi connectivity index (χ0) is 13.8. The molecule has 0 saturated carbocycles. The number of rotatable bonds is 6. The molecule has 2 unspecified atom stereocenters. The number of carbonyl (C=O) groups is 1. The normalized spacial score (nSPS) is 16.0. The first kappa shape index (κ1) is 14.6. The number of hydrogen-bond donors (Lipinski definition) is 2. The standard InChI is InChI=1S/C13H21N3O2/c1-5-6-13(4,12(17)18)16-10(3)11-9(2)14-7-8-15-11/h7-8,10,16H,5-6H2,1-4H3,(H,17,18). The highest BCUT2D eigenvalue weighted by molar-refractivity contribution is 5.78. The van der Waals surface area contributed by atoms with Crippen LogP contribution in [0, 0.1) is 6.92 Å². The molecule has 0 amide bonds. The second kappa shape index (κ2) is 5.91. The van der Waals surface area contributed by atoms with Gasteiger partial charge in [0, 0.05) is 18.4 Å². The summed E-state index contributed by atoms with van der Waals surface area (Å²) in [5.41, 5.74) is 0.681. The highest BCUT2D eigenvalue weighted by atomic mass is 16.4. The van der Waals surface area contributed by atoms with Gasteiger partial charge in [0.1, 0.15) is 5.54 Å². The van der Waals surface area contributed by atoms with E-state index in [9.17, 15) is 9.90 Å². The third kappa shape index (κ3) is 3.26. The molecule has 0 radical (unpaired) electrons. The molecule has 18 heavy (non-hydrogen) atoms. The Morgan fingerprint density at radius 1 is 1.50 bits per heavy atom. The molecule has 2 atom stereocenters. The van der Waals surface area contributed by atoms with E-state index in [1.54, 1.807) is 19.3 Å². The van der Waals surface area contributed by atoms with E-state index in [4.69, 9.17) is 0 Å². The predicted octanol–water partition coefficient (Wildman–Crippen LogP) is 2.08. The van der Waals surface area contributed by atoms with Crippen molar-refractivity contribution in [2.24, 2.45) is 0 Å². The first-order valence-electron chi connectivity index (χ1n) is 6.19. The Kier molecular flexibility index (Phi) is 4.78. The van der Waals surface area contributed by atoms with E-state index in [2.05, 4.69) is 15.3 Å². The van der Waals surface area contributed by atoms with E-state index in [-0.39, 0.29) is 6.04 Å². The lowest BCUT2D eigenvalue weighted by Gasteiger charge is -2.29. The summed E-state index contributed by atoms with van der Waals surface area (Å²) >= 11 is 0. The summed E-state index contributed by atoms with van der Waals surface area (Å²) < 4.78 is 0. The molecule has 0 aliphatic heterocycles. The van der Waals surface area contributed by atoms with Gasteiger partial charge in [-0.1, -0.05) is 13.3 Å². The summed E-state index contributed by atoms with van der Waals surface area (Å²) in [5, 5.41) is 12.5. The summed E-state index contributed by atoms with van der Waals surface area (Å²) in [5.74, 6) is -0.835. The van der Waals surface area contributed by atoms with Gasteiger partial charge in [0.15, 0.2) is 0 Å². The highest BCUT2D eigenvalue weighted by Gasteiger charge is 2.34. The quantitative estimate of drug-likeness (QED) is 0.809. The minimum atomic E-state index is -0.932. The Morgan fingerprint density at radius 3 is 2.61 bits per heavy atom. The van der Waals surface area contributed by atoms with E-state index in [1.165, 1.54) is 0 Å². The second-order valence-electron chi connectivity index (χ2n) is 4.78. The van der Waals surface area contributed by atoms with Gasteiger partial charge < -0.3 is 5.11 Å². The van der Waals surface area contributed by atoms with Crippen molar-refractivity contribution in [3.8, 4) is 0 Å². The molecule has 0 aromatic carbocycles. The SMILES string of the molecule is CCCC(C)(NC(C)c1nccnc1C)C(=O)O. The molecule has 0 bridgehead atoms. The number of nitrogens with zero attached hydrogens (tertiary/aromatic N) is 2. The summed E-state index contributed by atoms with van der Waals surface area (Å²) in [7, 11) is 0. The minimum Gasteiger partial charge on any atom is -0.480 e. The lowest BCUT2D eigenvalue weighted by atomic mass is 9.94. The van der Waals surface area contributed by atoms with Gasteiger partial charge >= 0.3 is 5.97 Å². The van der Waals surface area contributed by atoms with E-state index < -0.39 is 11.5 Å². The second-order valence-corrected chi connectivity index (χ2v) is 4.78. The van der Waals surface area contributed by atoms with E-state index in [0.29, 0.717) is 6.42 Å². The Morgan fingerprint density at radius 2 is 2.11 bits per heavy atom. The molecule has 0 aliphatic carbocycles. The van der Waals surface area contributed by atoms with Gasteiger partial charge in [-0.15, -0.1) is 0 Å². The topological polar surface area (TPSA) is 75.1 Å². The number of aliphatic carboxylic acids is 1. The maximum absolute atomic E-state index is 11.4. The average molecular weight is 251 g/mol. The molecule has 0 saturated heterocycles. The van der Waals surface area contributed by atoms with Crippen molar-refractivity contribution in [3.05, 3.63) is 23.8 Å². The van der Waals surface area contributed by atoms with Gasteiger partial charge in [-0.05, 0) is 27.2 Å². The van der Waals surface area contributed by atoms with Crippen LogP contribution in [0.1, 0.15) is 51.0 Å². The molecule has 100 valence electrons. The van der Waals surface area contributed by atoms with Crippen molar-refractivity contribution < 1.29 is 9.90 Å². The molecule has 1 heterocycles. The largest absolute Gasteiger partial charge is 0.480 e. The Hall–Kier alpha value is -1.49. The van der Waals surface area contributed by atoms with Crippen LogP contribution in [0.2, 0.25) is 0 Å². The molecule has 0 spiro atoms. The Labute approximate surface area is 108 Å². The first-order chi connectivity index (χ1) is 8.40. The van der Waals surface area contributed by atoms with Crippen LogP contribution >= 0.6 is 0 Å². The number of carboxylic acid groups (broad SMARTS) is 1. The van der Waals surface area contributed by atoms with Crippen LogP contribution in [0.5, 0.6) is 0 Å². The maximum atomic E-state index is 11.4. The summed E-state index contributed by atoms with van der Waals surface area (Å²) in [6.07, 6.45) is 4.64. The molecule has 5 heteroatoms. The molecular weight excluding hydrogens is 230 g/mol. The third-order valence-electron chi connectivity index (χ3n) is 3.09. The van der Waals surface area contributed by atoms with Gasteiger partial charge in [-0.25, -0.2) is 0 Å². The lowest BCUT2D eigenvalue weighted by molar-refractivity contribution is -0.144. The summed E-state index contributed by atoms with van der Waals surface area (Å²) in [6, 6.07) is -0.147. The van der Waals surface area contributed by atoms with Crippen molar-refractivity contribution in [2.75, 3.05) is 0 Å². The summed E-state index contributed by atoms with van der Waals surface area (Å²) in [4.78, 5) is 19.8. The molecule has 5 nitrogen and oxygen atoms in total. The van der Waals surface area contributed by atoms with Crippen LogP contribution < -0.4 is 5.32 Å². The first-order valence-corrected chi connectivity index (χ1v) is 6.19. The van der Waals surface area contributed by atoms with Gasteiger partial charge in [0.2, 0.25) is 0 Å². The van der Waals surface area contributed by atoms with Crippen LogP contribution in [-0.4, -0.2) is 26.6 Å². The van der Waals surface area contributed by atoms with Gasteiger partial charge in [0.05, 0.1) is 11.4 Å². The van der Waals surface area contributed by atoms with Crippen LogP contribution in [0.25, 0.3) is 0 Å². The number of nitrogens with one attached hydrogen (secondary N) is 1. The molecule has 1 aromatic rings. The zero-order valence-corrected chi connectivity index (χ0v) is 11.4. The van der Waals surface area contributed by atoms with E-state index >= 15 is 0 Å². The van der Waals surface area contributed by atoms with Crippen molar-refractivity contribution in [3.63, 3.8) is 0 Å². The smallest absolute Gasteiger partial charge is 0.323 e. The van der Waals surface area contributed by atoms with E-state index in [1.807, 2.05) is 20.8 Å². The fourth-order valence-electron chi connectivity index (χ4n) is 2.13. The van der Waals surface area contributed by atoms with Crippen molar-refractivity contribution in [2.45, 2.75) is 52.1 Å². The molecule has 1 aromatic heterocycles. The predicted molar refractivity (Wildman–Crippen MR) is 69.3 cm³/mol. The number of hydrogen-bond acceptors (Lipinski definition) is 4. The Balaban J connectivity index is 2.89. The number of aromatic nitrogens is 2. The minimum absolute atomic E-state index is 0.147. The van der Waals surface area contributed by atoms with Crippen molar-refractivity contribution >= 4 is 5.97 Å². The number of aryl methyl sites for hydroxylation is 1. The van der Waals surface area contributed by atoms with Crippen molar-refractivity contribution in [1.82, 2.24) is 15.3 Å². The molecule has 2 N–H and O–H groups in total. The van der Waals surface area contributed by atoms with Crippen LogP contribution in [-0.2, 0) is 4.79 Å². The van der Waals surface area contributed by atoms with E-state index in [0.717, 1.165) is 17.8 Å². The highest BCUT2D eigenvalue weighted by Crippen LogP contribution is 2.20. The maximum Gasteiger partial charge on any atom is 0.323 e. The molecule has 0 aliphatic rings. The van der Waals surface area contributed by atoms with Crippen LogP contribution in [0.15, 0.2) is 12.4 Å². The molecule has 1 rings (SSSR count). The molecule has 0 fully saturated rings. The zero-order valence-electron chi connectivity index (χ0n) is 11.4. The Bertz CT molecular complexity index is 422. The third-order valence-corrected chi connectivity index (χ3v) is 3.09. The van der Waals surface area contributed by atoms with Crippen LogP contribution in [0.4, 0.5) is 0 Å². The monoisotopic (exact) mass is 251 g/mol. The molecular formula is C13H21N3O2. The van der Waals surface area contributed by atoms with Gasteiger partial charge in [-0.2, -0.15) is 0 Å². The van der Waals surface area contributed by atoms with Gasteiger partial charge in [-0.3, -0.25) is 20.1 Å². The lowest BCUT2D eigenvalue weighted by Crippen LogP contribution is -2.50.